The molecule has 2 heterocycles. The molecule has 0 amide bonds. The maximum absolute atomic E-state index is 6.07. The summed E-state index contributed by atoms with van der Waals surface area (Å²) in [7, 11) is -0.398. The summed E-state index contributed by atoms with van der Waals surface area (Å²) in [4.78, 5) is 8.71. The van der Waals surface area contributed by atoms with Crippen molar-refractivity contribution in [1.29, 1.82) is 0 Å². The van der Waals surface area contributed by atoms with Gasteiger partial charge in [-0.3, -0.25) is 9.97 Å². The van der Waals surface area contributed by atoms with Gasteiger partial charge in [-0.25, -0.2) is 0 Å². The number of hydrogen-bond donors (Lipinski definition) is 0. The molecule has 0 bridgehead atoms. The van der Waals surface area contributed by atoms with Crippen LogP contribution in [0.5, 0.6) is 0 Å². The van der Waals surface area contributed by atoms with Crippen LogP contribution in [0.1, 0.15) is 27.7 Å². The number of fused-ring (bicyclic) bond motifs is 1. The van der Waals surface area contributed by atoms with Crippen LogP contribution in [0.2, 0.25) is 0 Å². The smallest absolute Gasteiger partial charge is 0.399 e. The lowest BCUT2D eigenvalue weighted by atomic mass is 9.78. The minimum atomic E-state index is -0.398. The molecule has 0 unspecified atom stereocenters. The van der Waals surface area contributed by atoms with Gasteiger partial charge in [0.1, 0.15) is 0 Å². The summed E-state index contributed by atoms with van der Waals surface area (Å²) in [5.74, 6) is 0. The molecule has 3 rings (SSSR count). The first-order valence-electron chi connectivity index (χ1n) is 6.46. The lowest BCUT2D eigenvalue weighted by Crippen LogP contribution is -2.41. The number of benzene rings is 1. The van der Waals surface area contributed by atoms with E-state index in [1.165, 1.54) is 0 Å². The molecule has 0 aliphatic carbocycles. The van der Waals surface area contributed by atoms with Gasteiger partial charge in [0.25, 0.3) is 0 Å². The predicted molar refractivity (Wildman–Crippen MR) is 75.3 cm³/mol. The van der Waals surface area contributed by atoms with Gasteiger partial charge in [-0.05, 0) is 33.8 Å². The normalized spacial score (nSPS) is 20.9. The molecule has 1 aliphatic rings. The topological polar surface area (TPSA) is 44.2 Å². The molecule has 0 N–H and O–H groups in total. The highest BCUT2D eigenvalue weighted by molar-refractivity contribution is 6.64. The van der Waals surface area contributed by atoms with Crippen LogP contribution in [0.3, 0.4) is 0 Å². The predicted octanol–water partition coefficient (Wildman–Crippen LogP) is 1.93. The van der Waals surface area contributed by atoms with E-state index in [0.29, 0.717) is 0 Å². The molecule has 5 heteroatoms. The van der Waals surface area contributed by atoms with E-state index >= 15 is 0 Å². The molecule has 98 valence electrons. The van der Waals surface area contributed by atoms with Gasteiger partial charge in [0.05, 0.1) is 22.2 Å². The molecule has 1 aromatic carbocycles. The fraction of sp³-hybridized carbons (Fsp3) is 0.429. The summed E-state index contributed by atoms with van der Waals surface area (Å²) in [6, 6.07) is 5.88. The molecule has 19 heavy (non-hydrogen) atoms. The summed E-state index contributed by atoms with van der Waals surface area (Å²) in [6.45, 7) is 8.18. The fourth-order valence-corrected chi connectivity index (χ4v) is 2.18. The molecule has 1 saturated heterocycles. The largest absolute Gasteiger partial charge is 0.497 e. The summed E-state index contributed by atoms with van der Waals surface area (Å²) in [5.41, 5.74) is 1.94. The molecular weight excluding hydrogens is 239 g/mol. The second-order valence-electron chi connectivity index (χ2n) is 5.86. The monoisotopic (exact) mass is 256 g/mol. The van der Waals surface area contributed by atoms with E-state index in [4.69, 9.17) is 9.31 Å². The molecule has 0 saturated carbocycles. The van der Waals surface area contributed by atoms with Crippen molar-refractivity contribution in [3.8, 4) is 0 Å². The minimum Gasteiger partial charge on any atom is -0.399 e. The van der Waals surface area contributed by atoms with E-state index in [-0.39, 0.29) is 11.2 Å². The highest BCUT2D eigenvalue weighted by Gasteiger charge is 2.52. The Bertz CT molecular complexity index is 606. The molecular formula is C14H17BN2O2. The maximum atomic E-state index is 6.07. The quantitative estimate of drug-likeness (QED) is 0.731. The third kappa shape index (κ3) is 1.93. The Morgan fingerprint density at radius 1 is 0.947 bits per heavy atom. The van der Waals surface area contributed by atoms with Gasteiger partial charge in [0, 0.05) is 17.9 Å². The standard InChI is InChI=1S/C14H17BN2O2/c1-13(2)14(3,4)19-15(18-13)10-6-5-7-11-12(10)17-9-8-16-11/h5-9H,1-4H3. The summed E-state index contributed by atoms with van der Waals surface area (Å²) < 4.78 is 12.1. The van der Waals surface area contributed by atoms with Crippen molar-refractivity contribution in [2.24, 2.45) is 0 Å². The Kier molecular flexibility index (Phi) is 2.66. The Balaban J connectivity index is 2.08. The third-order valence-corrected chi connectivity index (χ3v) is 4.04. The van der Waals surface area contributed by atoms with Gasteiger partial charge < -0.3 is 9.31 Å². The van der Waals surface area contributed by atoms with Crippen LogP contribution < -0.4 is 5.46 Å². The van der Waals surface area contributed by atoms with Crippen molar-refractivity contribution < 1.29 is 9.31 Å². The van der Waals surface area contributed by atoms with Crippen LogP contribution in [-0.2, 0) is 9.31 Å². The van der Waals surface area contributed by atoms with Crippen molar-refractivity contribution >= 4 is 23.6 Å². The first-order valence-corrected chi connectivity index (χ1v) is 6.46. The van der Waals surface area contributed by atoms with Crippen molar-refractivity contribution in [3.63, 3.8) is 0 Å². The highest BCUT2D eigenvalue weighted by atomic mass is 16.7. The highest BCUT2D eigenvalue weighted by Crippen LogP contribution is 2.36. The zero-order valence-electron chi connectivity index (χ0n) is 11.7. The molecule has 2 aromatic rings. The fourth-order valence-electron chi connectivity index (χ4n) is 2.18. The first kappa shape index (κ1) is 12.6. The lowest BCUT2D eigenvalue weighted by Gasteiger charge is -2.32. The van der Waals surface area contributed by atoms with Crippen LogP contribution >= 0.6 is 0 Å². The second kappa shape index (κ2) is 4.02. The van der Waals surface area contributed by atoms with Gasteiger partial charge in [-0.15, -0.1) is 0 Å². The summed E-state index contributed by atoms with van der Waals surface area (Å²) in [6.07, 6.45) is 3.38. The second-order valence-corrected chi connectivity index (χ2v) is 5.86. The zero-order valence-corrected chi connectivity index (χ0v) is 11.7. The average Bonchev–Trinajstić information content (AvgIpc) is 2.58. The van der Waals surface area contributed by atoms with E-state index in [1.54, 1.807) is 12.4 Å². The Morgan fingerprint density at radius 3 is 2.26 bits per heavy atom. The molecule has 0 spiro atoms. The minimum absolute atomic E-state index is 0.345. The molecule has 1 aromatic heterocycles. The number of nitrogens with zero attached hydrogens (tertiary/aromatic N) is 2. The van der Waals surface area contributed by atoms with Crippen molar-refractivity contribution in [2.75, 3.05) is 0 Å². The van der Waals surface area contributed by atoms with Gasteiger partial charge >= 0.3 is 7.12 Å². The Morgan fingerprint density at radius 2 is 1.58 bits per heavy atom. The molecule has 0 atom stereocenters. The third-order valence-electron chi connectivity index (χ3n) is 4.04. The molecule has 1 fully saturated rings. The van der Waals surface area contributed by atoms with Crippen LogP contribution in [0.4, 0.5) is 0 Å². The van der Waals surface area contributed by atoms with Crippen LogP contribution in [-0.4, -0.2) is 28.3 Å². The van der Waals surface area contributed by atoms with Crippen molar-refractivity contribution in [1.82, 2.24) is 9.97 Å². The average molecular weight is 256 g/mol. The number of aromatic nitrogens is 2. The lowest BCUT2D eigenvalue weighted by molar-refractivity contribution is 0.00578. The van der Waals surface area contributed by atoms with E-state index in [2.05, 4.69) is 9.97 Å². The van der Waals surface area contributed by atoms with Crippen molar-refractivity contribution in [2.45, 2.75) is 38.9 Å². The summed E-state index contributed by atoms with van der Waals surface area (Å²) >= 11 is 0. The molecule has 0 radical (unpaired) electrons. The van der Waals surface area contributed by atoms with Crippen LogP contribution in [0, 0.1) is 0 Å². The first-order chi connectivity index (χ1) is 8.91. The summed E-state index contributed by atoms with van der Waals surface area (Å²) in [5, 5.41) is 0. The van der Waals surface area contributed by atoms with Gasteiger partial charge in [0.2, 0.25) is 0 Å². The zero-order chi connectivity index (χ0) is 13.7. The van der Waals surface area contributed by atoms with Gasteiger partial charge in [-0.2, -0.15) is 0 Å². The van der Waals surface area contributed by atoms with Crippen LogP contribution in [0.15, 0.2) is 30.6 Å². The molecule has 1 aliphatic heterocycles. The maximum Gasteiger partial charge on any atom is 0.497 e. The molecule has 4 nitrogen and oxygen atoms in total. The number of hydrogen-bond acceptors (Lipinski definition) is 4. The van der Waals surface area contributed by atoms with E-state index in [0.717, 1.165) is 16.5 Å². The van der Waals surface area contributed by atoms with Gasteiger partial charge in [0.15, 0.2) is 0 Å². The van der Waals surface area contributed by atoms with Crippen molar-refractivity contribution in [3.05, 3.63) is 30.6 Å². The van der Waals surface area contributed by atoms with E-state index in [9.17, 15) is 0 Å². The number of para-hydroxylation sites is 1. The van der Waals surface area contributed by atoms with Crippen LogP contribution in [0.25, 0.3) is 11.0 Å². The Labute approximate surface area is 113 Å². The van der Waals surface area contributed by atoms with Gasteiger partial charge in [-0.1, -0.05) is 12.1 Å². The SMILES string of the molecule is CC1(C)OB(c2cccc3nccnc23)OC1(C)C. The number of rotatable bonds is 1. The van der Waals surface area contributed by atoms with E-state index in [1.807, 2.05) is 45.9 Å². The Hall–Kier alpha value is -1.46. The van der Waals surface area contributed by atoms with E-state index < -0.39 is 7.12 Å².